The normalized spacial score (nSPS) is 27.2. The predicted molar refractivity (Wildman–Crippen MR) is 202 cm³/mol. The minimum atomic E-state index is -3.85. The summed E-state index contributed by atoms with van der Waals surface area (Å²) in [5.41, 5.74) is 1.66. The number of hydrogen-bond acceptors (Lipinski definition) is 11. The summed E-state index contributed by atoms with van der Waals surface area (Å²) in [7, 11) is -0.330. The zero-order valence-corrected chi connectivity index (χ0v) is 32.8. The van der Waals surface area contributed by atoms with Crippen LogP contribution in [0.1, 0.15) is 70.6 Å². The fourth-order valence-electron chi connectivity index (χ4n) is 7.99. The van der Waals surface area contributed by atoms with E-state index in [1.807, 2.05) is 56.3 Å². The quantitative estimate of drug-likeness (QED) is 0.257. The lowest BCUT2D eigenvalue weighted by molar-refractivity contribution is -0.152. The smallest absolute Gasteiger partial charge is 0.259 e. The minimum absolute atomic E-state index is 0.0332. The molecule has 2 saturated heterocycles. The van der Waals surface area contributed by atoms with Crippen LogP contribution in [0.25, 0.3) is 21.6 Å². The van der Waals surface area contributed by atoms with Crippen LogP contribution in [-0.4, -0.2) is 102 Å². The number of hydrogen-bond donors (Lipinski definition) is 2. The molecule has 4 fully saturated rings. The Balaban J connectivity index is 1.25. The molecule has 1 aromatic carbocycles. The van der Waals surface area contributed by atoms with Gasteiger partial charge >= 0.3 is 0 Å². The van der Waals surface area contributed by atoms with E-state index in [0.717, 1.165) is 21.7 Å². The number of carbonyl (C=O) groups is 3. The molecule has 2 aromatic heterocycles. The highest BCUT2D eigenvalue weighted by Gasteiger charge is 2.63. The van der Waals surface area contributed by atoms with Gasteiger partial charge in [0.05, 0.1) is 35.7 Å². The number of piperazine rings is 1. The van der Waals surface area contributed by atoms with Gasteiger partial charge in [0.25, 0.3) is 5.91 Å². The van der Waals surface area contributed by atoms with Gasteiger partial charge in [-0.2, -0.15) is 0 Å². The van der Waals surface area contributed by atoms with E-state index in [1.54, 1.807) is 18.1 Å². The molecule has 2 aliphatic carbocycles. The highest BCUT2D eigenvalue weighted by molar-refractivity contribution is 7.91. The van der Waals surface area contributed by atoms with Crippen LogP contribution in [0, 0.1) is 18.8 Å². The average Bonchev–Trinajstić information content (AvgIpc) is 3.99. The molecule has 0 radical (unpaired) electrons. The molecule has 53 heavy (non-hydrogen) atoms. The average molecular weight is 765 g/mol. The highest BCUT2D eigenvalue weighted by atomic mass is 32.2. The largest absolute Gasteiger partial charge is 0.496 e. The van der Waals surface area contributed by atoms with Crippen LogP contribution < -0.4 is 19.5 Å². The molecule has 0 spiro atoms. The molecular weight excluding hydrogens is 717 g/mol. The van der Waals surface area contributed by atoms with E-state index in [9.17, 15) is 22.8 Å². The first-order chi connectivity index (χ1) is 25.1. The standard InChI is InChI=1S/C38H48N6O7S2/c1-9-22-16-38(22,37(47)42-53(48,49)23-10-11-23)41-34(45)27-15-31(28-17-43(7)33(20(4)5)36(46)44(27)28)51-30-14-25(35-40-26(18-52-35)19(2)3)39-32-21(6)29(50-8)13-12-24(30)32/h9,12-14,18-20,22-23,27-28,31,33H,1,10-11,15-17H2,2-8H3,(H,41,45)(H,42,47)/t22-,27+,28-,31-,33-,38-/m1/s1. The Morgan fingerprint density at radius 2 is 1.89 bits per heavy atom. The fraction of sp³-hybridized carbons (Fsp3) is 0.553. The molecule has 0 bridgehead atoms. The first-order valence-electron chi connectivity index (χ1n) is 18.2. The van der Waals surface area contributed by atoms with Crippen molar-refractivity contribution in [1.29, 1.82) is 0 Å². The van der Waals surface area contributed by atoms with Gasteiger partial charge in [-0.05, 0) is 57.2 Å². The molecule has 7 rings (SSSR count). The molecule has 2 N–H and O–H groups in total. The molecule has 2 saturated carbocycles. The molecule has 4 aliphatic rings. The molecule has 15 heteroatoms. The summed E-state index contributed by atoms with van der Waals surface area (Å²) < 4.78 is 40.2. The molecule has 2 aliphatic heterocycles. The van der Waals surface area contributed by atoms with E-state index in [1.165, 1.54) is 11.3 Å². The van der Waals surface area contributed by atoms with E-state index < -0.39 is 62.8 Å². The third-order valence-corrected chi connectivity index (χ3v) is 13.9. The second-order valence-corrected chi connectivity index (χ2v) is 18.4. The minimum Gasteiger partial charge on any atom is -0.496 e. The summed E-state index contributed by atoms with van der Waals surface area (Å²) in [5, 5.41) is 5.82. The van der Waals surface area contributed by atoms with Gasteiger partial charge < -0.3 is 19.7 Å². The number of thiazole rings is 1. The Bertz CT molecular complexity index is 2100. The van der Waals surface area contributed by atoms with Crippen LogP contribution >= 0.6 is 11.3 Å². The van der Waals surface area contributed by atoms with Gasteiger partial charge in [-0.25, -0.2) is 18.4 Å². The first-order valence-corrected chi connectivity index (χ1v) is 20.7. The van der Waals surface area contributed by atoms with Crippen molar-refractivity contribution in [1.82, 2.24) is 29.8 Å². The number of fused-ring (bicyclic) bond motifs is 2. The third kappa shape index (κ3) is 6.58. The predicted octanol–water partition coefficient (Wildman–Crippen LogP) is 4.15. The number of amides is 3. The highest BCUT2D eigenvalue weighted by Crippen LogP contribution is 2.46. The molecular formula is C38H48N6O7S2. The topological polar surface area (TPSA) is 160 Å². The monoisotopic (exact) mass is 764 g/mol. The number of ether oxygens (including phenoxy) is 2. The van der Waals surface area contributed by atoms with E-state index in [4.69, 9.17) is 19.4 Å². The number of sulfonamides is 1. The van der Waals surface area contributed by atoms with Gasteiger partial charge in [0, 0.05) is 41.3 Å². The lowest BCUT2D eigenvalue weighted by Crippen LogP contribution is -2.65. The zero-order valence-electron chi connectivity index (χ0n) is 31.2. The second kappa shape index (κ2) is 13.6. The SMILES string of the molecule is C=C[C@@H]1C[C@]1(NC(=O)[C@@H]1C[C@@H](Oc2cc(-c3nc(C(C)C)cs3)nc3c(C)c(OC)ccc23)[C@H]2CN(C)[C@H](C(C)C)C(=O)N21)C(=O)NS(=O)(=O)C1CC1. The van der Waals surface area contributed by atoms with Gasteiger partial charge in [-0.1, -0.05) is 33.8 Å². The number of aryl methyl sites for hydroxylation is 1. The zero-order chi connectivity index (χ0) is 38.1. The number of methoxy groups -OCH3 is 1. The van der Waals surface area contributed by atoms with Crippen molar-refractivity contribution < 1.29 is 32.3 Å². The van der Waals surface area contributed by atoms with E-state index in [2.05, 4.69) is 30.5 Å². The molecule has 284 valence electrons. The van der Waals surface area contributed by atoms with Gasteiger partial charge in [-0.15, -0.1) is 17.9 Å². The van der Waals surface area contributed by atoms with Gasteiger partial charge in [0.15, 0.2) is 0 Å². The van der Waals surface area contributed by atoms with Crippen molar-refractivity contribution in [3.63, 3.8) is 0 Å². The van der Waals surface area contributed by atoms with Gasteiger partial charge in [0.1, 0.15) is 39.9 Å². The lowest BCUT2D eigenvalue weighted by Gasteiger charge is -2.45. The number of aromatic nitrogens is 2. The fourth-order valence-corrected chi connectivity index (χ4v) is 10.3. The maximum atomic E-state index is 14.4. The number of pyridine rings is 1. The Morgan fingerprint density at radius 3 is 2.49 bits per heavy atom. The number of likely N-dealkylation sites (N-methyl/N-ethyl adjacent to an activating group) is 1. The Labute approximate surface area is 314 Å². The summed E-state index contributed by atoms with van der Waals surface area (Å²) in [6.45, 7) is 14.3. The number of benzene rings is 1. The lowest BCUT2D eigenvalue weighted by atomic mass is 9.96. The maximum absolute atomic E-state index is 14.4. The van der Waals surface area contributed by atoms with Gasteiger partial charge in [-0.3, -0.25) is 24.0 Å². The summed E-state index contributed by atoms with van der Waals surface area (Å²) in [4.78, 5) is 55.8. The Kier molecular flexibility index (Phi) is 9.59. The Hall–Kier alpha value is -4.08. The summed E-state index contributed by atoms with van der Waals surface area (Å²) in [6.07, 6.45) is 2.29. The van der Waals surface area contributed by atoms with Crippen LogP contribution in [0.3, 0.4) is 0 Å². The van der Waals surface area contributed by atoms with Crippen LogP contribution in [0.2, 0.25) is 0 Å². The molecule has 3 amide bonds. The van der Waals surface area contributed by atoms with E-state index in [-0.39, 0.29) is 30.6 Å². The molecule has 3 aromatic rings. The summed E-state index contributed by atoms with van der Waals surface area (Å²) in [6, 6.07) is 3.72. The number of nitrogens with zero attached hydrogens (tertiary/aromatic N) is 4. The van der Waals surface area contributed by atoms with Crippen LogP contribution in [-0.2, 0) is 24.4 Å². The number of carbonyl (C=O) groups excluding carboxylic acids is 3. The second-order valence-electron chi connectivity index (χ2n) is 15.6. The van der Waals surface area contributed by atoms with Crippen LogP contribution in [0.15, 0.2) is 36.2 Å². The summed E-state index contributed by atoms with van der Waals surface area (Å²) >= 11 is 1.51. The van der Waals surface area contributed by atoms with Crippen molar-refractivity contribution in [3.8, 4) is 22.2 Å². The van der Waals surface area contributed by atoms with Crippen molar-refractivity contribution >= 4 is 50.0 Å². The third-order valence-electron chi connectivity index (χ3n) is 11.2. The van der Waals surface area contributed by atoms with E-state index >= 15 is 0 Å². The molecule has 0 unspecified atom stereocenters. The maximum Gasteiger partial charge on any atom is 0.259 e. The molecule has 6 atom stereocenters. The number of rotatable bonds is 12. The van der Waals surface area contributed by atoms with Crippen molar-refractivity contribution in [2.45, 2.75) is 101 Å². The number of nitrogens with one attached hydrogen (secondary N) is 2. The van der Waals surface area contributed by atoms with Crippen molar-refractivity contribution in [2.24, 2.45) is 11.8 Å². The summed E-state index contributed by atoms with van der Waals surface area (Å²) in [5.74, 6) is -0.534. The van der Waals surface area contributed by atoms with Crippen molar-refractivity contribution in [2.75, 3.05) is 20.7 Å². The first kappa shape index (κ1) is 37.2. The molecule has 4 heterocycles. The van der Waals surface area contributed by atoms with Crippen LogP contribution in [0.5, 0.6) is 11.5 Å². The molecule has 13 nitrogen and oxygen atoms in total. The van der Waals surface area contributed by atoms with Crippen molar-refractivity contribution in [3.05, 3.63) is 47.5 Å². The van der Waals surface area contributed by atoms with Crippen LogP contribution in [0.4, 0.5) is 0 Å². The van der Waals surface area contributed by atoms with Gasteiger partial charge in [0.2, 0.25) is 21.8 Å². The van der Waals surface area contributed by atoms with E-state index in [0.29, 0.717) is 42.1 Å². The Morgan fingerprint density at radius 1 is 1.15 bits per heavy atom.